The number of amides is 1. The summed E-state index contributed by atoms with van der Waals surface area (Å²) < 4.78 is 1.91. The zero-order chi connectivity index (χ0) is 13.0. The van der Waals surface area contributed by atoms with E-state index in [4.69, 9.17) is 0 Å². The standard InChI is InChI=1S/C13H18N4O/c1-3-8-15-13-16-10-6-4-5-7-11(10)17(13)9-12(18)14-2/h4-7H,3,8-9H2,1-2H3,(H,14,18)(H,15,16). The molecule has 0 aliphatic heterocycles. The number of carbonyl (C=O) groups excluding carboxylic acids is 1. The van der Waals surface area contributed by atoms with Crippen LogP contribution in [0, 0.1) is 0 Å². The summed E-state index contributed by atoms with van der Waals surface area (Å²) in [6.07, 6.45) is 1.02. The number of nitrogens with zero attached hydrogens (tertiary/aromatic N) is 2. The van der Waals surface area contributed by atoms with Gasteiger partial charge in [-0.2, -0.15) is 0 Å². The molecular weight excluding hydrogens is 228 g/mol. The average molecular weight is 246 g/mol. The Kier molecular flexibility index (Phi) is 3.82. The number of hydrogen-bond acceptors (Lipinski definition) is 3. The number of benzene rings is 1. The number of imidazole rings is 1. The van der Waals surface area contributed by atoms with E-state index < -0.39 is 0 Å². The fourth-order valence-corrected chi connectivity index (χ4v) is 1.83. The second kappa shape index (κ2) is 5.53. The van der Waals surface area contributed by atoms with Crippen molar-refractivity contribution in [3.05, 3.63) is 24.3 Å². The Labute approximate surface area is 106 Å². The smallest absolute Gasteiger partial charge is 0.239 e. The first-order valence-corrected chi connectivity index (χ1v) is 6.16. The monoisotopic (exact) mass is 246 g/mol. The molecule has 1 heterocycles. The quantitative estimate of drug-likeness (QED) is 0.842. The topological polar surface area (TPSA) is 59.0 Å². The maximum Gasteiger partial charge on any atom is 0.239 e. The number of carbonyl (C=O) groups is 1. The van der Waals surface area contributed by atoms with Crippen LogP contribution in [0.5, 0.6) is 0 Å². The molecule has 0 spiro atoms. The number of fused-ring (bicyclic) bond motifs is 1. The Hall–Kier alpha value is -2.04. The van der Waals surface area contributed by atoms with Crippen LogP contribution in [0.4, 0.5) is 5.95 Å². The fraction of sp³-hybridized carbons (Fsp3) is 0.385. The van der Waals surface area contributed by atoms with Crippen molar-refractivity contribution in [1.82, 2.24) is 14.9 Å². The van der Waals surface area contributed by atoms with Crippen LogP contribution in [0.1, 0.15) is 13.3 Å². The number of aromatic nitrogens is 2. The van der Waals surface area contributed by atoms with Gasteiger partial charge in [-0.1, -0.05) is 19.1 Å². The molecule has 0 atom stereocenters. The minimum absolute atomic E-state index is 0.0299. The Bertz CT molecular complexity index is 547. The number of hydrogen-bond donors (Lipinski definition) is 2. The first kappa shape index (κ1) is 12.4. The van der Waals surface area contributed by atoms with Gasteiger partial charge >= 0.3 is 0 Å². The van der Waals surface area contributed by atoms with Crippen LogP contribution >= 0.6 is 0 Å². The molecule has 96 valence electrons. The minimum atomic E-state index is -0.0299. The van der Waals surface area contributed by atoms with Crippen LogP contribution < -0.4 is 10.6 Å². The molecule has 0 aliphatic carbocycles. The van der Waals surface area contributed by atoms with Gasteiger partial charge in [0.05, 0.1) is 11.0 Å². The third-order valence-corrected chi connectivity index (χ3v) is 2.77. The molecule has 18 heavy (non-hydrogen) atoms. The van der Waals surface area contributed by atoms with Gasteiger partial charge in [0.1, 0.15) is 6.54 Å². The molecular formula is C13H18N4O. The summed E-state index contributed by atoms with van der Waals surface area (Å²) in [6, 6.07) is 7.83. The van der Waals surface area contributed by atoms with E-state index in [-0.39, 0.29) is 12.5 Å². The zero-order valence-electron chi connectivity index (χ0n) is 10.7. The second-order valence-electron chi connectivity index (χ2n) is 4.11. The second-order valence-corrected chi connectivity index (χ2v) is 4.11. The van der Waals surface area contributed by atoms with E-state index in [1.807, 2.05) is 28.8 Å². The summed E-state index contributed by atoms with van der Waals surface area (Å²) in [5.41, 5.74) is 1.87. The molecule has 0 fully saturated rings. The first-order valence-electron chi connectivity index (χ1n) is 6.16. The van der Waals surface area contributed by atoms with Crippen molar-refractivity contribution in [2.75, 3.05) is 18.9 Å². The van der Waals surface area contributed by atoms with Crippen molar-refractivity contribution in [3.8, 4) is 0 Å². The van der Waals surface area contributed by atoms with Crippen LogP contribution in [0.25, 0.3) is 11.0 Å². The fourth-order valence-electron chi connectivity index (χ4n) is 1.83. The highest BCUT2D eigenvalue weighted by Crippen LogP contribution is 2.19. The number of nitrogens with one attached hydrogen (secondary N) is 2. The van der Waals surface area contributed by atoms with Crippen LogP contribution in [-0.4, -0.2) is 29.1 Å². The van der Waals surface area contributed by atoms with Crippen molar-refractivity contribution in [2.45, 2.75) is 19.9 Å². The highest BCUT2D eigenvalue weighted by molar-refractivity contribution is 5.82. The Morgan fingerprint density at radius 1 is 1.39 bits per heavy atom. The van der Waals surface area contributed by atoms with Crippen molar-refractivity contribution in [2.24, 2.45) is 0 Å². The minimum Gasteiger partial charge on any atom is -0.358 e. The lowest BCUT2D eigenvalue weighted by Crippen LogP contribution is -2.24. The molecule has 0 radical (unpaired) electrons. The SMILES string of the molecule is CCCNc1nc2ccccc2n1CC(=O)NC. The molecule has 2 rings (SSSR count). The van der Waals surface area contributed by atoms with Gasteiger partial charge in [-0.05, 0) is 18.6 Å². The molecule has 0 unspecified atom stereocenters. The molecule has 0 saturated carbocycles. The molecule has 2 N–H and O–H groups in total. The third-order valence-electron chi connectivity index (χ3n) is 2.77. The number of para-hydroxylation sites is 2. The van der Waals surface area contributed by atoms with Crippen molar-refractivity contribution in [1.29, 1.82) is 0 Å². The van der Waals surface area contributed by atoms with Crippen molar-refractivity contribution < 1.29 is 4.79 Å². The molecule has 0 saturated heterocycles. The molecule has 0 aliphatic rings. The van der Waals surface area contributed by atoms with Gasteiger partial charge in [-0.15, -0.1) is 0 Å². The molecule has 1 aromatic carbocycles. The Morgan fingerprint density at radius 3 is 2.89 bits per heavy atom. The van der Waals surface area contributed by atoms with E-state index in [9.17, 15) is 4.79 Å². The largest absolute Gasteiger partial charge is 0.358 e. The van der Waals surface area contributed by atoms with E-state index in [1.54, 1.807) is 7.05 Å². The van der Waals surface area contributed by atoms with Gasteiger partial charge in [-0.25, -0.2) is 4.98 Å². The van der Waals surface area contributed by atoms with E-state index in [1.165, 1.54) is 0 Å². The number of likely N-dealkylation sites (N-methyl/N-ethyl adjacent to an activating group) is 1. The van der Waals surface area contributed by atoms with Gasteiger partial charge in [0.25, 0.3) is 0 Å². The molecule has 0 bridgehead atoms. The van der Waals surface area contributed by atoms with E-state index in [0.717, 1.165) is 29.9 Å². The van der Waals surface area contributed by atoms with Crippen molar-refractivity contribution in [3.63, 3.8) is 0 Å². The molecule has 5 heteroatoms. The number of rotatable bonds is 5. The lowest BCUT2D eigenvalue weighted by molar-refractivity contribution is -0.121. The lowest BCUT2D eigenvalue weighted by atomic mass is 10.3. The summed E-state index contributed by atoms with van der Waals surface area (Å²) in [4.78, 5) is 16.1. The van der Waals surface area contributed by atoms with Gasteiger partial charge in [0, 0.05) is 13.6 Å². The van der Waals surface area contributed by atoms with Crippen LogP contribution in [0.2, 0.25) is 0 Å². The summed E-state index contributed by atoms with van der Waals surface area (Å²) in [7, 11) is 1.64. The predicted octanol–water partition coefficient (Wildman–Crippen LogP) is 1.60. The summed E-state index contributed by atoms with van der Waals surface area (Å²) in [5, 5.41) is 5.89. The first-order chi connectivity index (χ1) is 8.76. The Morgan fingerprint density at radius 2 is 2.17 bits per heavy atom. The zero-order valence-corrected chi connectivity index (χ0v) is 10.7. The Balaban J connectivity index is 2.40. The van der Waals surface area contributed by atoms with Crippen LogP contribution in [0.15, 0.2) is 24.3 Å². The normalized spacial score (nSPS) is 10.6. The molecule has 1 amide bonds. The lowest BCUT2D eigenvalue weighted by Gasteiger charge is -2.09. The van der Waals surface area contributed by atoms with Crippen LogP contribution in [-0.2, 0) is 11.3 Å². The summed E-state index contributed by atoms with van der Waals surface area (Å²) >= 11 is 0. The molecule has 5 nitrogen and oxygen atoms in total. The number of anilines is 1. The van der Waals surface area contributed by atoms with E-state index >= 15 is 0 Å². The average Bonchev–Trinajstić information content (AvgIpc) is 2.74. The van der Waals surface area contributed by atoms with Gasteiger partial charge in [0.15, 0.2) is 0 Å². The van der Waals surface area contributed by atoms with E-state index in [0.29, 0.717) is 0 Å². The molecule has 1 aromatic heterocycles. The maximum absolute atomic E-state index is 11.6. The summed E-state index contributed by atoms with van der Waals surface area (Å²) in [6.45, 7) is 3.22. The highest BCUT2D eigenvalue weighted by Gasteiger charge is 2.11. The molecule has 2 aromatic rings. The third kappa shape index (κ3) is 2.45. The predicted molar refractivity (Wildman–Crippen MR) is 72.6 cm³/mol. The van der Waals surface area contributed by atoms with Gasteiger partial charge < -0.3 is 15.2 Å². The van der Waals surface area contributed by atoms with Crippen molar-refractivity contribution >= 4 is 22.9 Å². The maximum atomic E-state index is 11.6. The van der Waals surface area contributed by atoms with Gasteiger partial charge in [-0.3, -0.25) is 4.79 Å². The summed E-state index contributed by atoms with van der Waals surface area (Å²) in [5.74, 6) is 0.722. The highest BCUT2D eigenvalue weighted by atomic mass is 16.1. The van der Waals surface area contributed by atoms with Gasteiger partial charge in [0.2, 0.25) is 11.9 Å². The van der Waals surface area contributed by atoms with Crippen LogP contribution in [0.3, 0.4) is 0 Å². The van der Waals surface area contributed by atoms with E-state index in [2.05, 4.69) is 22.5 Å².